The van der Waals surface area contributed by atoms with Gasteiger partial charge in [-0.25, -0.2) is 0 Å². The molecule has 0 aliphatic heterocycles. The Labute approximate surface area is 99.4 Å². The van der Waals surface area contributed by atoms with Gasteiger partial charge in [0.2, 0.25) is 5.91 Å². The van der Waals surface area contributed by atoms with Crippen LogP contribution in [0.5, 0.6) is 0 Å². The van der Waals surface area contributed by atoms with Crippen LogP contribution in [0.15, 0.2) is 6.20 Å². The molecule has 0 aliphatic carbocycles. The lowest BCUT2D eigenvalue weighted by molar-refractivity contribution is -0.119. The van der Waals surface area contributed by atoms with Crippen LogP contribution in [0, 0.1) is 0 Å². The number of hydrogen-bond donors (Lipinski definition) is 2. The molecule has 7 heteroatoms. The standard InChI is InChI=1S/C10H17N5O2/c1-6(2)15(5-8(12)16)10(17)9-7(11)4-14(3)13-9/h4,6H,5,11H2,1-3H3,(H2,12,16). The van der Waals surface area contributed by atoms with Gasteiger partial charge in [0.05, 0.1) is 12.2 Å². The van der Waals surface area contributed by atoms with Gasteiger partial charge in [-0.1, -0.05) is 0 Å². The maximum atomic E-state index is 12.1. The predicted molar refractivity (Wildman–Crippen MR) is 63.0 cm³/mol. The predicted octanol–water partition coefficient (Wildman–Crippen LogP) is -0.662. The summed E-state index contributed by atoms with van der Waals surface area (Å²) in [7, 11) is 1.67. The second-order valence-electron chi connectivity index (χ2n) is 4.10. The Kier molecular flexibility index (Phi) is 3.72. The van der Waals surface area contributed by atoms with Gasteiger partial charge in [0.25, 0.3) is 5.91 Å². The normalized spacial score (nSPS) is 10.6. The van der Waals surface area contributed by atoms with Crippen molar-refractivity contribution in [3.05, 3.63) is 11.9 Å². The zero-order chi connectivity index (χ0) is 13.2. The molecule has 0 fully saturated rings. The van der Waals surface area contributed by atoms with Gasteiger partial charge in [-0.05, 0) is 13.8 Å². The minimum atomic E-state index is -0.568. The highest BCUT2D eigenvalue weighted by Crippen LogP contribution is 2.13. The number of carbonyl (C=O) groups is 2. The van der Waals surface area contributed by atoms with Crippen LogP contribution in [0.3, 0.4) is 0 Å². The smallest absolute Gasteiger partial charge is 0.277 e. The Balaban J connectivity index is 2.99. The Morgan fingerprint density at radius 2 is 2.12 bits per heavy atom. The van der Waals surface area contributed by atoms with E-state index in [1.54, 1.807) is 20.9 Å². The summed E-state index contributed by atoms with van der Waals surface area (Å²) >= 11 is 0. The number of nitrogens with zero attached hydrogens (tertiary/aromatic N) is 3. The first kappa shape index (κ1) is 13.0. The van der Waals surface area contributed by atoms with Crippen molar-refractivity contribution >= 4 is 17.5 Å². The molecule has 0 aromatic carbocycles. The molecule has 1 rings (SSSR count). The van der Waals surface area contributed by atoms with Crippen molar-refractivity contribution in [2.45, 2.75) is 19.9 Å². The Hall–Kier alpha value is -2.05. The third-order valence-electron chi connectivity index (χ3n) is 2.27. The molecule has 7 nitrogen and oxygen atoms in total. The molecule has 2 amide bonds. The summed E-state index contributed by atoms with van der Waals surface area (Å²) in [5.41, 5.74) is 11.2. The van der Waals surface area contributed by atoms with E-state index in [4.69, 9.17) is 11.5 Å². The lowest BCUT2D eigenvalue weighted by atomic mass is 10.2. The topological polar surface area (TPSA) is 107 Å². The van der Waals surface area contributed by atoms with Gasteiger partial charge in [-0.2, -0.15) is 5.10 Å². The van der Waals surface area contributed by atoms with Crippen LogP contribution >= 0.6 is 0 Å². The number of aromatic nitrogens is 2. The van der Waals surface area contributed by atoms with Crippen molar-refractivity contribution in [2.24, 2.45) is 12.8 Å². The average molecular weight is 239 g/mol. The second-order valence-corrected chi connectivity index (χ2v) is 4.10. The molecule has 0 atom stereocenters. The third-order valence-corrected chi connectivity index (χ3v) is 2.27. The fraction of sp³-hybridized carbons (Fsp3) is 0.500. The van der Waals surface area contributed by atoms with Gasteiger partial charge >= 0.3 is 0 Å². The molecular weight excluding hydrogens is 222 g/mol. The number of carbonyl (C=O) groups excluding carboxylic acids is 2. The first-order chi connectivity index (χ1) is 7.82. The van der Waals surface area contributed by atoms with Crippen LogP contribution < -0.4 is 11.5 Å². The summed E-state index contributed by atoms with van der Waals surface area (Å²) in [4.78, 5) is 24.4. The molecule has 94 valence electrons. The first-order valence-electron chi connectivity index (χ1n) is 5.21. The molecule has 0 bridgehead atoms. The second kappa shape index (κ2) is 4.86. The number of nitrogens with two attached hydrogens (primary N) is 2. The Morgan fingerprint density at radius 3 is 2.47 bits per heavy atom. The highest BCUT2D eigenvalue weighted by atomic mass is 16.2. The maximum Gasteiger partial charge on any atom is 0.277 e. The van der Waals surface area contributed by atoms with Crippen LogP contribution in [-0.2, 0) is 11.8 Å². The van der Waals surface area contributed by atoms with Gasteiger partial charge in [0, 0.05) is 19.3 Å². The van der Waals surface area contributed by atoms with E-state index in [1.165, 1.54) is 15.8 Å². The molecule has 0 saturated carbocycles. The molecule has 1 aromatic heterocycles. The van der Waals surface area contributed by atoms with Crippen molar-refractivity contribution in [3.8, 4) is 0 Å². The van der Waals surface area contributed by atoms with Gasteiger partial charge in [-0.15, -0.1) is 0 Å². The molecule has 1 heterocycles. The van der Waals surface area contributed by atoms with Crippen LogP contribution in [0.4, 0.5) is 5.69 Å². The lowest BCUT2D eigenvalue weighted by Gasteiger charge is -2.24. The van der Waals surface area contributed by atoms with Crippen LogP contribution in [0.2, 0.25) is 0 Å². The van der Waals surface area contributed by atoms with E-state index < -0.39 is 11.8 Å². The summed E-state index contributed by atoms with van der Waals surface area (Å²) in [6, 6.07) is -0.156. The fourth-order valence-electron chi connectivity index (χ4n) is 1.47. The molecular formula is C10H17N5O2. The van der Waals surface area contributed by atoms with E-state index in [0.29, 0.717) is 0 Å². The quantitative estimate of drug-likeness (QED) is 0.727. The van der Waals surface area contributed by atoms with Crippen LogP contribution in [-0.4, -0.2) is 39.1 Å². The fourth-order valence-corrected chi connectivity index (χ4v) is 1.47. The van der Waals surface area contributed by atoms with Crippen molar-refractivity contribution in [2.75, 3.05) is 12.3 Å². The molecule has 0 radical (unpaired) electrons. The van der Waals surface area contributed by atoms with Gasteiger partial charge in [0.1, 0.15) is 0 Å². The van der Waals surface area contributed by atoms with Crippen LogP contribution in [0.1, 0.15) is 24.3 Å². The largest absolute Gasteiger partial charge is 0.396 e. The number of aryl methyl sites for hydroxylation is 1. The van der Waals surface area contributed by atoms with Crippen molar-refractivity contribution in [3.63, 3.8) is 0 Å². The van der Waals surface area contributed by atoms with Gasteiger partial charge in [-0.3, -0.25) is 14.3 Å². The number of amides is 2. The van der Waals surface area contributed by atoms with E-state index in [-0.39, 0.29) is 24.0 Å². The summed E-state index contributed by atoms with van der Waals surface area (Å²) in [5.74, 6) is -0.960. The number of rotatable bonds is 4. The lowest BCUT2D eigenvalue weighted by Crippen LogP contribution is -2.43. The minimum Gasteiger partial charge on any atom is -0.396 e. The zero-order valence-corrected chi connectivity index (χ0v) is 10.2. The maximum absolute atomic E-state index is 12.1. The first-order valence-corrected chi connectivity index (χ1v) is 5.21. The third kappa shape index (κ3) is 2.96. The van der Waals surface area contributed by atoms with Crippen LogP contribution in [0.25, 0.3) is 0 Å². The van der Waals surface area contributed by atoms with E-state index >= 15 is 0 Å². The summed E-state index contributed by atoms with van der Waals surface area (Å²) in [6.45, 7) is 3.44. The summed E-state index contributed by atoms with van der Waals surface area (Å²) in [5, 5.41) is 3.97. The van der Waals surface area contributed by atoms with E-state index in [0.717, 1.165) is 0 Å². The highest BCUT2D eigenvalue weighted by Gasteiger charge is 2.24. The minimum absolute atomic E-state index is 0.141. The Morgan fingerprint density at radius 1 is 1.53 bits per heavy atom. The molecule has 0 aliphatic rings. The van der Waals surface area contributed by atoms with E-state index in [9.17, 15) is 9.59 Å². The average Bonchev–Trinajstić information content (AvgIpc) is 2.52. The number of nitrogen functional groups attached to an aromatic ring is 1. The summed E-state index contributed by atoms with van der Waals surface area (Å²) in [6.07, 6.45) is 1.54. The molecule has 1 aromatic rings. The Bertz CT molecular complexity index is 438. The highest BCUT2D eigenvalue weighted by molar-refractivity contribution is 5.98. The monoisotopic (exact) mass is 239 g/mol. The van der Waals surface area contributed by atoms with Crippen molar-refractivity contribution in [1.82, 2.24) is 14.7 Å². The van der Waals surface area contributed by atoms with Gasteiger partial charge < -0.3 is 16.4 Å². The van der Waals surface area contributed by atoms with E-state index in [2.05, 4.69) is 5.10 Å². The SMILES string of the molecule is CC(C)N(CC(N)=O)C(=O)c1nn(C)cc1N. The number of hydrogen-bond acceptors (Lipinski definition) is 4. The molecule has 0 unspecified atom stereocenters. The number of anilines is 1. The summed E-state index contributed by atoms with van der Waals surface area (Å²) < 4.78 is 1.45. The number of primary amides is 1. The molecule has 0 saturated heterocycles. The van der Waals surface area contributed by atoms with Crippen molar-refractivity contribution in [1.29, 1.82) is 0 Å². The van der Waals surface area contributed by atoms with E-state index in [1.807, 2.05) is 0 Å². The molecule has 4 N–H and O–H groups in total. The van der Waals surface area contributed by atoms with Crippen molar-refractivity contribution < 1.29 is 9.59 Å². The zero-order valence-electron chi connectivity index (χ0n) is 10.2. The molecule has 17 heavy (non-hydrogen) atoms. The van der Waals surface area contributed by atoms with Gasteiger partial charge in [0.15, 0.2) is 5.69 Å². The molecule has 0 spiro atoms.